The van der Waals surface area contributed by atoms with E-state index in [1.54, 1.807) is 0 Å². The molecule has 2 rings (SSSR count). The summed E-state index contributed by atoms with van der Waals surface area (Å²) in [6.07, 6.45) is 1.10. The van der Waals surface area contributed by atoms with Crippen LogP contribution in [0.5, 0.6) is 0 Å². The van der Waals surface area contributed by atoms with Crippen molar-refractivity contribution in [1.29, 1.82) is 0 Å². The molecular formula is C13H23N3. The third-order valence-corrected chi connectivity index (χ3v) is 3.16. The molecule has 2 heterocycles. The van der Waals surface area contributed by atoms with Gasteiger partial charge in [-0.05, 0) is 24.9 Å². The lowest BCUT2D eigenvalue weighted by molar-refractivity contribution is 0.264. The zero-order chi connectivity index (χ0) is 11.9. The van der Waals surface area contributed by atoms with Crippen LogP contribution in [0.1, 0.15) is 32.2 Å². The van der Waals surface area contributed by atoms with Crippen molar-refractivity contribution in [2.24, 2.45) is 5.41 Å². The Bertz CT molecular complexity index is 385. The van der Waals surface area contributed by atoms with E-state index in [4.69, 9.17) is 5.73 Å². The van der Waals surface area contributed by atoms with E-state index in [2.05, 4.69) is 43.4 Å². The molecule has 0 bridgehead atoms. The number of likely N-dealkylation sites (N-methyl/N-ethyl adjacent to an activating group) is 1. The van der Waals surface area contributed by atoms with Gasteiger partial charge in [-0.1, -0.05) is 20.8 Å². The summed E-state index contributed by atoms with van der Waals surface area (Å²) in [4.78, 5) is 2.33. The number of aromatic nitrogens is 1. The summed E-state index contributed by atoms with van der Waals surface area (Å²) >= 11 is 0. The van der Waals surface area contributed by atoms with Gasteiger partial charge >= 0.3 is 0 Å². The van der Waals surface area contributed by atoms with Crippen molar-refractivity contribution in [1.82, 2.24) is 9.47 Å². The molecule has 3 heteroatoms. The first kappa shape index (κ1) is 11.5. The maximum absolute atomic E-state index is 6.10. The Balaban J connectivity index is 2.31. The van der Waals surface area contributed by atoms with Gasteiger partial charge in [0.1, 0.15) is 0 Å². The minimum atomic E-state index is 0.324. The second-order valence-electron chi connectivity index (χ2n) is 6.16. The van der Waals surface area contributed by atoms with Crippen molar-refractivity contribution >= 4 is 5.69 Å². The lowest BCUT2D eigenvalue weighted by atomic mass is 9.90. The van der Waals surface area contributed by atoms with E-state index in [0.717, 1.165) is 31.7 Å². The minimum Gasteiger partial charge on any atom is -0.397 e. The zero-order valence-electron chi connectivity index (χ0n) is 10.9. The number of fused-ring (bicyclic) bond motifs is 1. The van der Waals surface area contributed by atoms with Crippen molar-refractivity contribution in [2.45, 2.75) is 40.3 Å². The smallest absolute Gasteiger partial charge is 0.0552 e. The molecule has 0 aliphatic carbocycles. The molecule has 3 nitrogen and oxygen atoms in total. The highest BCUT2D eigenvalue weighted by Crippen LogP contribution is 2.28. The second-order valence-corrected chi connectivity index (χ2v) is 6.16. The average Bonchev–Trinajstić information content (AvgIpc) is 2.40. The Morgan fingerprint density at radius 3 is 2.62 bits per heavy atom. The first-order chi connectivity index (χ1) is 7.37. The SMILES string of the molecule is CN1CCn2c(CC(C)(C)C)cc(N)c2C1. The van der Waals surface area contributed by atoms with E-state index >= 15 is 0 Å². The summed E-state index contributed by atoms with van der Waals surface area (Å²) in [5, 5.41) is 0. The van der Waals surface area contributed by atoms with Gasteiger partial charge in [0.05, 0.1) is 11.4 Å². The van der Waals surface area contributed by atoms with Crippen molar-refractivity contribution in [2.75, 3.05) is 19.3 Å². The second kappa shape index (κ2) is 3.81. The summed E-state index contributed by atoms with van der Waals surface area (Å²) < 4.78 is 2.42. The van der Waals surface area contributed by atoms with Crippen LogP contribution < -0.4 is 5.73 Å². The molecule has 16 heavy (non-hydrogen) atoms. The van der Waals surface area contributed by atoms with Crippen LogP contribution in [0.15, 0.2) is 6.07 Å². The fourth-order valence-corrected chi connectivity index (χ4v) is 2.42. The van der Waals surface area contributed by atoms with Crippen molar-refractivity contribution in [3.05, 3.63) is 17.5 Å². The van der Waals surface area contributed by atoms with Crippen LogP contribution in [0.25, 0.3) is 0 Å². The van der Waals surface area contributed by atoms with Gasteiger partial charge in [0.15, 0.2) is 0 Å². The van der Waals surface area contributed by atoms with E-state index in [1.165, 1.54) is 11.4 Å². The molecule has 1 aromatic heterocycles. The molecule has 1 aliphatic heterocycles. The lowest BCUT2D eigenvalue weighted by Gasteiger charge is -2.28. The summed E-state index contributed by atoms with van der Waals surface area (Å²) in [5.41, 5.74) is 10.1. The molecule has 0 fully saturated rings. The molecule has 1 aliphatic rings. The van der Waals surface area contributed by atoms with Crippen LogP contribution >= 0.6 is 0 Å². The Kier molecular flexibility index (Phi) is 2.74. The molecule has 1 aromatic rings. The van der Waals surface area contributed by atoms with Gasteiger partial charge in [-0.3, -0.25) is 4.90 Å². The molecule has 0 radical (unpaired) electrons. The molecule has 0 saturated carbocycles. The van der Waals surface area contributed by atoms with E-state index in [9.17, 15) is 0 Å². The number of nitrogens with two attached hydrogens (primary N) is 1. The number of rotatable bonds is 1. The van der Waals surface area contributed by atoms with Crippen LogP contribution in [0.3, 0.4) is 0 Å². The van der Waals surface area contributed by atoms with Gasteiger partial charge in [-0.2, -0.15) is 0 Å². The lowest BCUT2D eigenvalue weighted by Crippen LogP contribution is -2.31. The molecule has 90 valence electrons. The largest absolute Gasteiger partial charge is 0.397 e. The van der Waals surface area contributed by atoms with E-state index < -0.39 is 0 Å². The molecule has 0 aromatic carbocycles. The first-order valence-corrected chi connectivity index (χ1v) is 6.02. The first-order valence-electron chi connectivity index (χ1n) is 6.02. The van der Waals surface area contributed by atoms with Gasteiger partial charge in [0.2, 0.25) is 0 Å². The Hall–Kier alpha value is -0.960. The van der Waals surface area contributed by atoms with Crippen molar-refractivity contribution < 1.29 is 0 Å². The molecule has 0 saturated heterocycles. The predicted octanol–water partition coefficient (Wildman–Crippen LogP) is 2.10. The average molecular weight is 221 g/mol. The molecule has 2 N–H and O–H groups in total. The standard InChI is InChI=1S/C13H23N3/c1-13(2,3)8-10-7-11(14)12-9-15(4)5-6-16(10)12/h7H,5-6,8-9,14H2,1-4H3. The van der Waals surface area contributed by atoms with Gasteiger partial charge in [0, 0.05) is 25.3 Å². The summed E-state index contributed by atoms with van der Waals surface area (Å²) in [7, 11) is 2.15. The monoisotopic (exact) mass is 221 g/mol. The quantitative estimate of drug-likeness (QED) is 0.788. The highest BCUT2D eigenvalue weighted by Gasteiger charge is 2.22. The van der Waals surface area contributed by atoms with E-state index in [-0.39, 0.29) is 0 Å². The number of nitrogens with zero attached hydrogens (tertiary/aromatic N) is 2. The predicted molar refractivity (Wildman–Crippen MR) is 68.3 cm³/mol. The van der Waals surface area contributed by atoms with Crippen LogP contribution in [0.2, 0.25) is 0 Å². The highest BCUT2D eigenvalue weighted by atomic mass is 15.2. The van der Waals surface area contributed by atoms with E-state index in [0.29, 0.717) is 5.41 Å². The van der Waals surface area contributed by atoms with Crippen molar-refractivity contribution in [3.8, 4) is 0 Å². The van der Waals surface area contributed by atoms with Crippen LogP contribution in [-0.4, -0.2) is 23.1 Å². The van der Waals surface area contributed by atoms with Crippen LogP contribution in [-0.2, 0) is 19.5 Å². The van der Waals surface area contributed by atoms with Gasteiger partial charge in [-0.15, -0.1) is 0 Å². The topological polar surface area (TPSA) is 34.2 Å². The third-order valence-electron chi connectivity index (χ3n) is 3.16. The molecule has 0 amide bonds. The number of hydrogen-bond donors (Lipinski definition) is 1. The highest BCUT2D eigenvalue weighted by molar-refractivity contribution is 5.48. The summed E-state index contributed by atoms with van der Waals surface area (Å²) in [6.45, 7) is 10.0. The zero-order valence-corrected chi connectivity index (χ0v) is 10.9. The minimum absolute atomic E-state index is 0.324. The normalized spacial score (nSPS) is 17.5. The Morgan fingerprint density at radius 1 is 1.31 bits per heavy atom. The maximum atomic E-state index is 6.10. The van der Waals surface area contributed by atoms with Gasteiger partial charge in [0.25, 0.3) is 0 Å². The number of anilines is 1. The van der Waals surface area contributed by atoms with Crippen molar-refractivity contribution in [3.63, 3.8) is 0 Å². The molecular weight excluding hydrogens is 198 g/mol. The Labute approximate surface area is 98.2 Å². The number of nitrogen functional groups attached to an aromatic ring is 1. The summed E-state index contributed by atoms with van der Waals surface area (Å²) in [5.74, 6) is 0. The molecule has 0 unspecified atom stereocenters. The fraction of sp³-hybridized carbons (Fsp3) is 0.692. The fourth-order valence-electron chi connectivity index (χ4n) is 2.42. The maximum Gasteiger partial charge on any atom is 0.0552 e. The Morgan fingerprint density at radius 2 is 2.00 bits per heavy atom. The summed E-state index contributed by atoms with van der Waals surface area (Å²) in [6, 6.07) is 2.17. The van der Waals surface area contributed by atoms with Crippen LogP contribution in [0, 0.1) is 5.41 Å². The van der Waals surface area contributed by atoms with E-state index in [1.807, 2.05) is 0 Å². The number of hydrogen-bond acceptors (Lipinski definition) is 2. The van der Waals surface area contributed by atoms with Gasteiger partial charge in [-0.25, -0.2) is 0 Å². The molecule has 0 atom stereocenters. The van der Waals surface area contributed by atoms with Crippen LogP contribution in [0.4, 0.5) is 5.69 Å². The van der Waals surface area contributed by atoms with Gasteiger partial charge < -0.3 is 10.3 Å². The molecule has 0 spiro atoms. The third kappa shape index (κ3) is 2.24.